The monoisotopic (exact) mass is 193 g/mol. The van der Waals surface area contributed by atoms with Gasteiger partial charge in [-0.3, -0.25) is 9.89 Å². The predicted molar refractivity (Wildman–Crippen MR) is 54.8 cm³/mol. The lowest BCUT2D eigenvalue weighted by Gasteiger charge is -2.12. The largest absolute Gasteiger partial charge is 0.346 e. The summed E-state index contributed by atoms with van der Waals surface area (Å²) < 4.78 is 0. The summed E-state index contributed by atoms with van der Waals surface area (Å²) in [4.78, 5) is 11.1. The van der Waals surface area contributed by atoms with Crippen molar-refractivity contribution in [3.8, 4) is 0 Å². The number of hydrogen-bond donors (Lipinski definition) is 2. The van der Waals surface area contributed by atoms with Crippen LogP contribution in [0.2, 0.25) is 0 Å². The Morgan fingerprint density at radius 3 is 2.71 bits per heavy atom. The van der Waals surface area contributed by atoms with E-state index in [0.29, 0.717) is 0 Å². The number of carbonyl (C=O) groups is 1. The fourth-order valence-corrected chi connectivity index (χ4v) is 1.54. The van der Waals surface area contributed by atoms with Crippen LogP contribution in [-0.2, 0) is 4.79 Å². The highest BCUT2D eigenvalue weighted by Crippen LogP contribution is 2.18. The molecule has 1 heterocycles. The van der Waals surface area contributed by atoms with E-state index in [1.807, 2.05) is 20.8 Å². The summed E-state index contributed by atoms with van der Waals surface area (Å²) in [5, 5.41) is 9.75. The van der Waals surface area contributed by atoms with E-state index in [1.165, 1.54) is 6.08 Å². The maximum Gasteiger partial charge on any atom is 0.243 e. The quantitative estimate of drug-likeness (QED) is 0.713. The standard InChI is InChI=1S/C10H15N3O/c1-5-9(14)11-6(2)10-7(3)12-13-8(10)4/h5-6H,1H2,2-4H3,(H,11,14)(H,12,13). The Bertz CT molecular complexity index is 335. The fraction of sp³-hybridized carbons (Fsp3) is 0.400. The normalized spacial score (nSPS) is 12.2. The van der Waals surface area contributed by atoms with E-state index in [4.69, 9.17) is 0 Å². The van der Waals surface area contributed by atoms with Crippen molar-refractivity contribution in [2.75, 3.05) is 0 Å². The third-order valence-corrected chi connectivity index (χ3v) is 2.16. The molecule has 0 fully saturated rings. The van der Waals surface area contributed by atoms with Crippen LogP contribution >= 0.6 is 0 Å². The molecule has 1 atom stereocenters. The molecule has 0 bridgehead atoms. The van der Waals surface area contributed by atoms with Gasteiger partial charge in [0.1, 0.15) is 0 Å². The molecule has 0 radical (unpaired) electrons. The molecule has 1 amide bonds. The van der Waals surface area contributed by atoms with Crippen LogP contribution in [0.4, 0.5) is 0 Å². The van der Waals surface area contributed by atoms with Gasteiger partial charge in [-0.15, -0.1) is 0 Å². The van der Waals surface area contributed by atoms with Crippen molar-refractivity contribution >= 4 is 5.91 Å². The number of H-pyrrole nitrogens is 1. The van der Waals surface area contributed by atoms with Gasteiger partial charge in [-0.1, -0.05) is 6.58 Å². The molecule has 14 heavy (non-hydrogen) atoms. The topological polar surface area (TPSA) is 57.8 Å². The molecule has 0 saturated carbocycles. The molecule has 1 aromatic heterocycles. The number of aromatic amines is 1. The number of hydrogen-bond acceptors (Lipinski definition) is 2. The average molecular weight is 193 g/mol. The van der Waals surface area contributed by atoms with E-state index in [0.717, 1.165) is 17.0 Å². The van der Waals surface area contributed by atoms with Crippen molar-refractivity contribution in [2.24, 2.45) is 0 Å². The first-order valence-electron chi connectivity index (χ1n) is 4.50. The van der Waals surface area contributed by atoms with E-state index in [9.17, 15) is 4.79 Å². The molecular formula is C10H15N3O. The van der Waals surface area contributed by atoms with Gasteiger partial charge >= 0.3 is 0 Å². The van der Waals surface area contributed by atoms with Crippen LogP contribution in [0.5, 0.6) is 0 Å². The second kappa shape index (κ2) is 4.09. The van der Waals surface area contributed by atoms with E-state index in [2.05, 4.69) is 22.1 Å². The Labute approximate surface area is 83.4 Å². The molecule has 0 aliphatic heterocycles. The molecule has 1 rings (SSSR count). The zero-order valence-corrected chi connectivity index (χ0v) is 8.72. The van der Waals surface area contributed by atoms with Crippen LogP contribution in [-0.4, -0.2) is 16.1 Å². The summed E-state index contributed by atoms with van der Waals surface area (Å²) in [6.07, 6.45) is 1.27. The third kappa shape index (κ3) is 2.02. The zero-order chi connectivity index (χ0) is 10.7. The molecule has 4 nitrogen and oxygen atoms in total. The molecule has 0 saturated heterocycles. The summed E-state index contributed by atoms with van der Waals surface area (Å²) in [6, 6.07) is -0.0424. The van der Waals surface area contributed by atoms with Gasteiger partial charge < -0.3 is 5.32 Å². The number of aromatic nitrogens is 2. The van der Waals surface area contributed by atoms with Crippen molar-refractivity contribution in [2.45, 2.75) is 26.8 Å². The summed E-state index contributed by atoms with van der Waals surface area (Å²) in [5.74, 6) is -0.169. The minimum absolute atomic E-state index is 0.0424. The molecule has 0 aromatic carbocycles. The Morgan fingerprint density at radius 1 is 1.64 bits per heavy atom. The van der Waals surface area contributed by atoms with E-state index in [-0.39, 0.29) is 11.9 Å². The van der Waals surface area contributed by atoms with Crippen LogP contribution in [0.15, 0.2) is 12.7 Å². The average Bonchev–Trinajstić information content (AvgIpc) is 2.46. The first-order valence-corrected chi connectivity index (χ1v) is 4.50. The zero-order valence-electron chi connectivity index (χ0n) is 8.72. The predicted octanol–water partition coefficient (Wildman–Crippen LogP) is 1.39. The van der Waals surface area contributed by atoms with Crippen LogP contribution in [0.1, 0.15) is 29.9 Å². The fourth-order valence-electron chi connectivity index (χ4n) is 1.54. The summed E-state index contributed by atoms with van der Waals surface area (Å²) >= 11 is 0. The van der Waals surface area contributed by atoms with Gasteiger partial charge in [0.2, 0.25) is 5.91 Å². The molecule has 4 heteroatoms. The molecule has 1 aromatic rings. The second-order valence-electron chi connectivity index (χ2n) is 3.28. The highest BCUT2D eigenvalue weighted by Gasteiger charge is 2.14. The van der Waals surface area contributed by atoms with Crippen molar-refractivity contribution in [1.29, 1.82) is 0 Å². The molecular weight excluding hydrogens is 178 g/mol. The summed E-state index contributed by atoms with van der Waals surface area (Å²) in [7, 11) is 0. The molecule has 0 aliphatic rings. The van der Waals surface area contributed by atoms with Crippen LogP contribution < -0.4 is 5.32 Å². The molecule has 0 spiro atoms. The van der Waals surface area contributed by atoms with Gasteiger partial charge in [0, 0.05) is 11.3 Å². The Morgan fingerprint density at radius 2 is 2.29 bits per heavy atom. The number of aryl methyl sites for hydroxylation is 2. The highest BCUT2D eigenvalue weighted by atomic mass is 16.1. The lowest BCUT2D eigenvalue weighted by Crippen LogP contribution is -2.25. The van der Waals surface area contributed by atoms with E-state index >= 15 is 0 Å². The number of amides is 1. The maximum absolute atomic E-state index is 11.1. The Balaban J connectivity index is 2.83. The highest BCUT2D eigenvalue weighted by molar-refractivity contribution is 5.87. The Kier molecular flexibility index (Phi) is 3.06. The van der Waals surface area contributed by atoms with Gasteiger partial charge in [-0.05, 0) is 26.8 Å². The molecule has 1 unspecified atom stereocenters. The third-order valence-electron chi connectivity index (χ3n) is 2.16. The minimum atomic E-state index is -0.169. The van der Waals surface area contributed by atoms with Gasteiger partial charge in [0.15, 0.2) is 0 Å². The van der Waals surface area contributed by atoms with Crippen molar-refractivity contribution < 1.29 is 4.79 Å². The molecule has 76 valence electrons. The lowest BCUT2D eigenvalue weighted by molar-refractivity contribution is -0.117. The van der Waals surface area contributed by atoms with Gasteiger partial charge in [0.25, 0.3) is 0 Å². The van der Waals surface area contributed by atoms with Crippen molar-refractivity contribution in [3.63, 3.8) is 0 Å². The first kappa shape index (κ1) is 10.5. The van der Waals surface area contributed by atoms with E-state index < -0.39 is 0 Å². The van der Waals surface area contributed by atoms with Crippen LogP contribution in [0, 0.1) is 13.8 Å². The Hall–Kier alpha value is -1.58. The van der Waals surface area contributed by atoms with Crippen LogP contribution in [0.3, 0.4) is 0 Å². The van der Waals surface area contributed by atoms with Crippen molar-refractivity contribution in [3.05, 3.63) is 29.6 Å². The smallest absolute Gasteiger partial charge is 0.243 e. The number of rotatable bonds is 3. The lowest BCUT2D eigenvalue weighted by atomic mass is 10.1. The SMILES string of the molecule is C=CC(=O)NC(C)c1c(C)n[nH]c1C. The summed E-state index contributed by atoms with van der Waals surface area (Å²) in [5.41, 5.74) is 2.94. The number of nitrogens with zero attached hydrogens (tertiary/aromatic N) is 1. The second-order valence-corrected chi connectivity index (χ2v) is 3.28. The van der Waals surface area contributed by atoms with Crippen molar-refractivity contribution in [1.82, 2.24) is 15.5 Å². The van der Waals surface area contributed by atoms with Gasteiger partial charge in [-0.2, -0.15) is 5.10 Å². The van der Waals surface area contributed by atoms with Gasteiger partial charge in [0.05, 0.1) is 11.7 Å². The van der Waals surface area contributed by atoms with Gasteiger partial charge in [-0.25, -0.2) is 0 Å². The maximum atomic E-state index is 11.1. The van der Waals surface area contributed by atoms with Crippen LogP contribution in [0.25, 0.3) is 0 Å². The minimum Gasteiger partial charge on any atom is -0.346 e. The molecule has 0 aliphatic carbocycles. The number of nitrogens with one attached hydrogen (secondary N) is 2. The molecule has 2 N–H and O–H groups in total. The summed E-state index contributed by atoms with van der Waals surface area (Å²) in [6.45, 7) is 9.18. The first-order chi connectivity index (χ1) is 6.56. The number of carbonyl (C=O) groups excluding carboxylic acids is 1. The van der Waals surface area contributed by atoms with E-state index in [1.54, 1.807) is 0 Å².